The van der Waals surface area contributed by atoms with Gasteiger partial charge in [0.15, 0.2) is 0 Å². The average Bonchev–Trinajstić information content (AvgIpc) is 1.81. The zero-order valence-electron chi connectivity index (χ0n) is 6.92. The van der Waals surface area contributed by atoms with Gasteiger partial charge in [0, 0.05) is 6.92 Å². The molecule has 0 rings (SSSR count). The average molecular weight is 146 g/mol. The van der Waals surface area contributed by atoms with Gasteiger partial charge in [-0.15, -0.1) is 0 Å². The van der Waals surface area contributed by atoms with Crippen LogP contribution in [0.4, 0.5) is 0 Å². The van der Waals surface area contributed by atoms with Crippen molar-refractivity contribution >= 4 is 5.91 Å². The van der Waals surface area contributed by atoms with Gasteiger partial charge in [-0.3, -0.25) is 14.5 Å². The van der Waals surface area contributed by atoms with Gasteiger partial charge in [0.2, 0.25) is 5.91 Å². The Morgan fingerprint density at radius 1 is 1.50 bits per heavy atom. The first-order valence-electron chi connectivity index (χ1n) is 3.05. The summed E-state index contributed by atoms with van der Waals surface area (Å²) in [6.07, 6.45) is 0. The molecule has 0 spiro atoms. The van der Waals surface area contributed by atoms with Crippen LogP contribution in [0.2, 0.25) is 0 Å². The summed E-state index contributed by atoms with van der Waals surface area (Å²) in [6.45, 7) is 1.96. The van der Waals surface area contributed by atoms with E-state index in [-0.39, 0.29) is 5.91 Å². The zero-order valence-corrected chi connectivity index (χ0v) is 6.92. The van der Waals surface area contributed by atoms with Crippen molar-refractivity contribution in [1.29, 1.82) is 0 Å². The van der Waals surface area contributed by atoms with Crippen molar-refractivity contribution in [2.75, 3.05) is 27.9 Å². The Labute approximate surface area is 61.3 Å². The molecule has 0 aromatic heterocycles. The molecule has 0 bridgehead atoms. The summed E-state index contributed by atoms with van der Waals surface area (Å²) in [5, 5.41) is 1.28. The molecule has 1 amide bonds. The quantitative estimate of drug-likeness (QED) is 0.412. The zero-order chi connectivity index (χ0) is 8.15. The monoisotopic (exact) mass is 146 g/mol. The molecule has 60 valence electrons. The van der Waals surface area contributed by atoms with Gasteiger partial charge in [-0.05, 0) is 14.1 Å². The highest BCUT2D eigenvalue weighted by Crippen LogP contribution is 1.89. The molecule has 0 aliphatic rings. The first kappa shape index (κ1) is 9.39. The van der Waals surface area contributed by atoms with E-state index in [1.54, 1.807) is 0 Å². The van der Waals surface area contributed by atoms with Gasteiger partial charge in [-0.25, -0.2) is 5.06 Å². The van der Waals surface area contributed by atoms with Gasteiger partial charge in [0.1, 0.15) is 6.67 Å². The van der Waals surface area contributed by atoms with E-state index in [0.717, 1.165) is 0 Å². The van der Waals surface area contributed by atoms with Crippen LogP contribution in [-0.2, 0) is 9.63 Å². The van der Waals surface area contributed by atoms with E-state index in [2.05, 4.69) is 0 Å². The summed E-state index contributed by atoms with van der Waals surface area (Å²) in [7, 11) is 5.22. The molecule has 0 fully saturated rings. The highest BCUT2D eigenvalue weighted by atomic mass is 16.7. The van der Waals surface area contributed by atoms with Gasteiger partial charge >= 0.3 is 0 Å². The maximum Gasteiger partial charge on any atom is 0.244 e. The fourth-order valence-electron chi connectivity index (χ4n) is 0.543. The fraction of sp³-hybridized carbons (Fsp3) is 0.833. The molecule has 0 saturated heterocycles. The SMILES string of the molecule is CON(CN(C)C)C(C)=O. The molecule has 0 aliphatic carbocycles. The van der Waals surface area contributed by atoms with Crippen molar-refractivity contribution in [2.45, 2.75) is 6.92 Å². The van der Waals surface area contributed by atoms with Gasteiger partial charge in [-0.1, -0.05) is 0 Å². The van der Waals surface area contributed by atoms with Crippen LogP contribution in [0.25, 0.3) is 0 Å². The highest BCUT2D eigenvalue weighted by molar-refractivity contribution is 5.71. The number of nitrogens with zero attached hydrogens (tertiary/aromatic N) is 2. The van der Waals surface area contributed by atoms with Crippen LogP contribution in [0.1, 0.15) is 6.92 Å². The Kier molecular flexibility index (Phi) is 3.99. The number of hydrogen-bond donors (Lipinski definition) is 0. The molecule has 10 heavy (non-hydrogen) atoms. The molecule has 0 unspecified atom stereocenters. The molecular formula is C6H14N2O2. The number of carbonyl (C=O) groups excluding carboxylic acids is 1. The lowest BCUT2D eigenvalue weighted by Crippen LogP contribution is -2.35. The van der Waals surface area contributed by atoms with Gasteiger partial charge in [0.25, 0.3) is 0 Å². The van der Waals surface area contributed by atoms with Crippen molar-refractivity contribution in [3.63, 3.8) is 0 Å². The van der Waals surface area contributed by atoms with Crippen molar-refractivity contribution in [2.24, 2.45) is 0 Å². The topological polar surface area (TPSA) is 32.8 Å². The standard InChI is InChI=1S/C6H14N2O2/c1-6(9)8(10-4)5-7(2)3/h5H2,1-4H3. The minimum atomic E-state index is -0.0869. The number of amides is 1. The van der Waals surface area contributed by atoms with E-state index < -0.39 is 0 Å². The van der Waals surface area contributed by atoms with Gasteiger partial charge < -0.3 is 0 Å². The van der Waals surface area contributed by atoms with E-state index in [4.69, 9.17) is 4.84 Å². The third kappa shape index (κ3) is 3.42. The van der Waals surface area contributed by atoms with Crippen LogP contribution in [-0.4, -0.2) is 43.7 Å². The van der Waals surface area contributed by atoms with Crippen molar-refractivity contribution in [3.8, 4) is 0 Å². The number of carbonyl (C=O) groups is 1. The van der Waals surface area contributed by atoms with Gasteiger partial charge in [-0.2, -0.15) is 0 Å². The molecule has 0 radical (unpaired) electrons. The second-order valence-electron chi connectivity index (χ2n) is 2.30. The molecule has 0 aromatic carbocycles. The Morgan fingerprint density at radius 2 is 2.00 bits per heavy atom. The Bertz CT molecular complexity index is 114. The highest BCUT2D eigenvalue weighted by Gasteiger charge is 2.06. The molecule has 0 N–H and O–H groups in total. The smallest absolute Gasteiger partial charge is 0.244 e. The van der Waals surface area contributed by atoms with Crippen LogP contribution < -0.4 is 0 Å². The summed E-state index contributed by atoms with van der Waals surface area (Å²) in [5.41, 5.74) is 0. The van der Waals surface area contributed by atoms with E-state index in [1.165, 1.54) is 19.1 Å². The number of hydrogen-bond acceptors (Lipinski definition) is 3. The molecular weight excluding hydrogens is 132 g/mol. The van der Waals surface area contributed by atoms with E-state index in [1.807, 2.05) is 19.0 Å². The molecule has 0 aliphatic heterocycles. The lowest BCUT2D eigenvalue weighted by Gasteiger charge is -2.21. The summed E-state index contributed by atoms with van der Waals surface area (Å²) in [5.74, 6) is -0.0869. The molecule has 4 nitrogen and oxygen atoms in total. The van der Waals surface area contributed by atoms with Crippen LogP contribution in [0, 0.1) is 0 Å². The third-order valence-electron chi connectivity index (χ3n) is 0.983. The molecule has 4 heteroatoms. The minimum absolute atomic E-state index is 0.0869. The van der Waals surface area contributed by atoms with Gasteiger partial charge in [0.05, 0.1) is 7.11 Å². The molecule has 0 saturated carbocycles. The van der Waals surface area contributed by atoms with Crippen LogP contribution >= 0.6 is 0 Å². The lowest BCUT2D eigenvalue weighted by molar-refractivity contribution is -0.181. The normalized spacial score (nSPS) is 10.1. The minimum Gasteiger partial charge on any atom is -0.290 e. The third-order valence-corrected chi connectivity index (χ3v) is 0.983. The predicted molar refractivity (Wildman–Crippen MR) is 38.1 cm³/mol. The predicted octanol–water partition coefficient (Wildman–Crippen LogP) is -0.0846. The summed E-state index contributed by atoms with van der Waals surface area (Å²) < 4.78 is 0. The first-order valence-corrected chi connectivity index (χ1v) is 3.05. The van der Waals surface area contributed by atoms with E-state index in [0.29, 0.717) is 6.67 Å². The molecule has 0 aromatic rings. The number of hydroxylamine groups is 2. The second-order valence-corrected chi connectivity index (χ2v) is 2.30. The molecule has 0 heterocycles. The lowest BCUT2D eigenvalue weighted by atomic mass is 10.7. The van der Waals surface area contributed by atoms with E-state index >= 15 is 0 Å². The Morgan fingerprint density at radius 3 is 2.10 bits per heavy atom. The fourth-order valence-corrected chi connectivity index (χ4v) is 0.543. The molecule has 0 atom stereocenters. The first-order chi connectivity index (χ1) is 4.57. The summed E-state index contributed by atoms with van der Waals surface area (Å²) in [4.78, 5) is 17.3. The summed E-state index contributed by atoms with van der Waals surface area (Å²) in [6, 6.07) is 0. The number of rotatable bonds is 3. The maximum atomic E-state index is 10.7. The second kappa shape index (κ2) is 4.24. The Hall–Kier alpha value is -0.610. The van der Waals surface area contributed by atoms with Crippen molar-refractivity contribution in [3.05, 3.63) is 0 Å². The largest absolute Gasteiger partial charge is 0.290 e. The van der Waals surface area contributed by atoms with Crippen molar-refractivity contribution in [1.82, 2.24) is 9.96 Å². The van der Waals surface area contributed by atoms with E-state index in [9.17, 15) is 4.79 Å². The maximum absolute atomic E-state index is 10.7. The van der Waals surface area contributed by atoms with Crippen molar-refractivity contribution < 1.29 is 9.63 Å². The Balaban J connectivity index is 3.72. The van der Waals surface area contributed by atoms with Crippen LogP contribution in [0.5, 0.6) is 0 Å². The van der Waals surface area contributed by atoms with Crippen LogP contribution in [0.15, 0.2) is 0 Å². The summed E-state index contributed by atoms with van der Waals surface area (Å²) >= 11 is 0. The van der Waals surface area contributed by atoms with Crippen LogP contribution in [0.3, 0.4) is 0 Å².